The summed E-state index contributed by atoms with van der Waals surface area (Å²) in [6.45, 7) is 3.71. The Kier molecular flexibility index (Phi) is 4.16. The molecule has 3 N–H and O–H groups in total. The number of hydrogen-bond donors (Lipinski definition) is 2. The summed E-state index contributed by atoms with van der Waals surface area (Å²) in [5, 5.41) is 0. The second kappa shape index (κ2) is 5.21. The smallest absolute Gasteiger partial charge is 0.241 e. The minimum absolute atomic E-state index is 0.0311. The highest BCUT2D eigenvalue weighted by Gasteiger charge is 2.20. The average Bonchev–Trinajstić information content (AvgIpc) is 2.26. The largest absolute Gasteiger partial charge is 0.399 e. The van der Waals surface area contributed by atoms with Crippen molar-refractivity contribution < 1.29 is 8.42 Å². The molecular weight excluding hydrogens is 236 g/mol. The number of nitrogen functional groups attached to an aromatic ring is 1. The van der Waals surface area contributed by atoms with Crippen molar-refractivity contribution in [1.82, 2.24) is 4.72 Å². The van der Waals surface area contributed by atoms with Crippen LogP contribution in [-0.4, -0.2) is 14.5 Å². The number of anilines is 1. The first-order valence-corrected chi connectivity index (χ1v) is 6.69. The van der Waals surface area contributed by atoms with Gasteiger partial charge in [-0.1, -0.05) is 19.8 Å². The van der Waals surface area contributed by atoms with E-state index in [0.717, 1.165) is 0 Å². The molecule has 0 radical (unpaired) electrons. The molecule has 0 spiro atoms. The van der Waals surface area contributed by atoms with Crippen molar-refractivity contribution in [3.05, 3.63) is 24.3 Å². The Morgan fingerprint density at radius 1 is 1.29 bits per heavy atom. The van der Waals surface area contributed by atoms with Crippen LogP contribution in [0.15, 0.2) is 29.2 Å². The van der Waals surface area contributed by atoms with Gasteiger partial charge in [0.2, 0.25) is 10.0 Å². The lowest BCUT2D eigenvalue weighted by Crippen LogP contribution is -2.37. The lowest BCUT2D eigenvalue weighted by molar-refractivity contribution is 0.518. The van der Waals surface area contributed by atoms with Gasteiger partial charge >= 0.3 is 0 Å². The summed E-state index contributed by atoms with van der Waals surface area (Å²) >= 11 is 0. The third-order valence-electron chi connectivity index (χ3n) is 2.32. The molecule has 17 heavy (non-hydrogen) atoms. The third kappa shape index (κ3) is 3.48. The fourth-order valence-electron chi connectivity index (χ4n) is 1.24. The number of benzene rings is 1. The standard InChI is InChI=1S/C12H16N2O2S/c1-4-12(9(2)3)14-17(15,16)11-7-5-10(13)6-8-11/h1,5-9,12,14H,13H2,2-3H3. The number of terminal acetylenes is 1. The predicted molar refractivity (Wildman–Crippen MR) is 68.6 cm³/mol. The van der Waals surface area contributed by atoms with E-state index in [9.17, 15) is 8.42 Å². The van der Waals surface area contributed by atoms with Gasteiger partial charge in [0.25, 0.3) is 0 Å². The topological polar surface area (TPSA) is 72.2 Å². The highest BCUT2D eigenvalue weighted by molar-refractivity contribution is 7.89. The minimum Gasteiger partial charge on any atom is -0.399 e. The molecule has 5 heteroatoms. The highest BCUT2D eigenvalue weighted by Crippen LogP contribution is 2.13. The SMILES string of the molecule is C#CC(NS(=O)(=O)c1ccc(N)cc1)C(C)C. The van der Waals surface area contributed by atoms with E-state index in [2.05, 4.69) is 10.6 Å². The second-order valence-electron chi connectivity index (χ2n) is 4.08. The number of nitrogens with one attached hydrogen (secondary N) is 1. The summed E-state index contributed by atoms with van der Waals surface area (Å²) < 4.78 is 26.4. The first-order chi connectivity index (χ1) is 7.86. The molecule has 1 rings (SSSR count). The molecular formula is C12H16N2O2S. The van der Waals surface area contributed by atoms with Crippen LogP contribution in [0.25, 0.3) is 0 Å². The van der Waals surface area contributed by atoms with Crippen LogP contribution in [0.3, 0.4) is 0 Å². The Morgan fingerprint density at radius 3 is 2.24 bits per heavy atom. The minimum atomic E-state index is -3.58. The van der Waals surface area contributed by atoms with Gasteiger partial charge in [0.05, 0.1) is 10.9 Å². The van der Waals surface area contributed by atoms with Crippen LogP contribution in [-0.2, 0) is 10.0 Å². The van der Waals surface area contributed by atoms with E-state index in [4.69, 9.17) is 12.2 Å². The van der Waals surface area contributed by atoms with Gasteiger partial charge < -0.3 is 5.73 Å². The molecule has 0 aliphatic carbocycles. The van der Waals surface area contributed by atoms with Crippen LogP contribution in [0.1, 0.15) is 13.8 Å². The van der Waals surface area contributed by atoms with Crippen LogP contribution in [0.5, 0.6) is 0 Å². The summed E-state index contributed by atoms with van der Waals surface area (Å²) in [5.74, 6) is 2.45. The van der Waals surface area contributed by atoms with Crippen molar-refractivity contribution in [3.63, 3.8) is 0 Å². The van der Waals surface area contributed by atoms with E-state index >= 15 is 0 Å². The first kappa shape index (κ1) is 13.6. The lowest BCUT2D eigenvalue weighted by Gasteiger charge is -2.16. The van der Waals surface area contributed by atoms with Gasteiger partial charge in [-0.15, -0.1) is 6.42 Å². The van der Waals surface area contributed by atoms with Gasteiger partial charge in [-0.25, -0.2) is 8.42 Å². The normalized spacial score (nSPS) is 13.3. The molecule has 4 nitrogen and oxygen atoms in total. The van der Waals surface area contributed by atoms with Gasteiger partial charge in [-0.2, -0.15) is 4.72 Å². The number of rotatable bonds is 4. The average molecular weight is 252 g/mol. The molecule has 0 saturated heterocycles. The number of sulfonamides is 1. The maximum atomic E-state index is 12.0. The van der Waals surface area contributed by atoms with Gasteiger partial charge in [0.15, 0.2) is 0 Å². The highest BCUT2D eigenvalue weighted by atomic mass is 32.2. The quantitative estimate of drug-likeness (QED) is 0.625. The summed E-state index contributed by atoms with van der Waals surface area (Å²) in [7, 11) is -3.58. The molecule has 1 aromatic carbocycles. The van der Waals surface area contributed by atoms with Gasteiger partial charge in [-0.05, 0) is 30.2 Å². The zero-order chi connectivity index (χ0) is 13.1. The molecule has 1 atom stereocenters. The van der Waals surface area contributed by atoms with Crippen LogP contribution in [0.2, 0.25) is 0 Å². The van der Waals surface area contributed by atoms with Crippen molar-refractivity contribution in [2.75, 3.05) is 5.73 Å². The van der Waals surface area contributed by atoms with Crippen molar-refractivity contribution in [3.8, 4) is 12.3 Å². The van der Waals surface area contributed by atoms with E-state index in [1.807, 2.05) is 13.8 Å². The van der Waals surface area contributed by atoms with Gasteiger partial charge in [0.1, 0.15) is 0 Å². The Balaban J connectivity index is 2.97. The summed E-state index contributed by atoms with van der Waals surface area (Å²) in [6.07, 6.45) is 5.29. The molecule has 0 aliphatic rings. The van der Waals surface area contributed by atoms with E-state index < -0.39 is 16.1 Å². The third-order valence-corrected chi connectivity index (χ3v) is 3.78. The molecule has 0 amide bonds. The molecule has 1 aromatic rings. The molecule has 92 valence electrons. The molecule has 0 bridgehead atoms. The van der Waals surface area contributed by atoms with E-state index in [1.54, 1.807) is 0 Å². The Labute approximate surface area is 102 Å². The molecule has 1 unspecified atom stereocenters. The molecule has 0 saturated carbocycles. The Hall–Kier alpha value is -1.51. The second-order valence-corrected chi connectivity index (χ2v) is 5.79. The van der Waals surface area contributed by atoms with Crippen LogP contribution in [0, 0.1) is 18.3 Å². The Bertz CT molecular complexity index is 512. The molecule has 0 heterocycles. The van der Waals surface area contributed by atoms with Crippen molar-refractivity contribution >= 4 is 15.7 Å². The van der Waals surface area contributed by atoms with E-state index in [0.29, 0.717) is 5.69 Å². The predicted octanol–water partition coefficient (Wildman–Crippen LogP) is 1.20. The van der Waals surface area contributed by atoms with Crippen molar-refractivity contribution in [2.45, 2.75) is 24.8 Å². The monoisotopic (exact) mass is 252 g/mol. The van der Waals surface area contributed by atoms with Gasteiger partial charge in [-0.3, -0.25) is 0 Å². The van der Waals surface area contributed by atoms with E-state index in [1.165, 1.54) is 24.3 Å². The zero-order valence-corrected chi connectivity index (χ0v) is 10.7. The zero-order valence-electron chi connectivity index (χ0n) is 9.84. The van der Waals surface area contributed by atoms with E-state index in [-0.39, 0.29) is 10.8 Å². The van der Waals surface area contributed by atoms with Crippen LogP contribution < -0.4 is 10.5 Å². The summed E-state index contributed by atoms with van der Waals surface area (Å²) in [6, 6.07) is 5.46. The van der Waals surface area contributed by atoms with Crippen molar-refractivity contribution in [1.29, 1.82) is 0 Å². The van der Waals surface area contributed by atoms with Gasteiger partial charge in [0, 0.05) is 5.69 Å². The number of hydrogen-bond acceptors (Lipinski definition) is 3. The summed E-state index contributed by atoms with van der Waals surface area (Å²) in [5.41, 5.74) is 6.01. The van der Waals surface area contributed by atoms with Crippen LogP contribution in [0.4, 0.5) is 5.69 Å². The molecule has 0 fully saturated rings. The lowest BCUT2D eigenvalue weighted by atomic mass is 10.1. The molecule has 0 aromatic heterocycles. The molecule has 0 aliphatic heterocycles. The summed E-state index contributed by atoms with van der Waals surface area (Å²) in [4.78, 5) is 0.160. The maximum Gasteiger partial charge on any atom is 0.241 e. The number of nitrogens with two attached hydrogens (primary N) is 1. The Morgan fingerprint density at radius 2 is 1.82 bits per heavy atom. The van der Waals surface area contributed by atoms with Crippen LogP contribution >= 0.6 is 0 Å². The fourth-order valence-corrected chi connectivity index (χ4v) is 2.55. The maximum absolute atomic E-state index is 12.0. The fraction of sp³-hybridized carbons (Fsp3) is 0.333. The van der Waals surface area contributed by atoms with Crippen molar-refractivity contribution in [2.24, 2.45) is 5.92 Å². The first-order valence-electron chi connectivity index (χ1n) is 5.21.